The zero-order valence-corrected chi connectivity index (χ0v) is 10.6. The molecule has 0 aromatic carbocycles. The smallest absolute Gasteiger partial charge is 0.215 e. The van der Waals surface area contributed by atoms with E-state index in [4.69, 9.17) is 5.26 Å². The van der Waals surface area contributed by atoms with Crippen LogP contribution < -0.4 is 0 Å². The standard InChI is InChI=1S/C11H10N6S/c1-7-4-8(6-12)5-10(13-7)18-11-14-15-16-17(11)9-2-3-9/h4-5,9H,2-3H2,1H3. The van der Waals surface area contributed by atoms with Crippen LogP contribution in [0.2, 0.25) is 0 Å². The number of hydrogen-bond acceptors (Lipinski definition) is 6. The summed E-state index contributed by atoms with van der Waals surface area (Å²) < 4.78 is 1.83. The number of aryl methyl sites for hydroxylation is 1. The Morgan fingerprint density at radius 3 is 3.00 bits per heavy atom. The molecule has 18 heavy (non-hydrogen) atoms. The summed E-state index contributed by atoms with van der Waals surface area (Å²) >= 11 is 1.40. The van der Waals surface area contributed by atoms with Crippen molar-refractivity contribution in [2.45, 2.75) is 36.0 Å². The molecule has 0 bridgehead atoms. The largest absolute Gasteiger partial charge is 0.246 e. The van der Waals surface area contributed by atoms with Gasteiger partial charge in [-0.1, -0.05) is 0 Å². The van der Waals surface area contributed by atoms with Gasteiger partial charge in [0.25, 0.3) is 0 Å². The Bertz CT molecular complexity index is 625. The molecule has 0 radical (unpaired) electrons. The first kappa shape index (κ1) is 11.2. The van der Waals surface area contributed by atoms with Crippen LogP contribution in [0.4, 0.5) is 0 Å². The predicted octanol–water partition coefficient (Wildman–Crippen LogP) is 1.73. The Hall–Kier alpha value is -1.94. The lowest BCUT2D eigenvalue weighted by Gasteiger charge is -2.03. The molecule has 6 nitrogen and oxygen atoms in total. The second-order valence-electron chi connectivity index (χ2n) is 4.19. The molecule has 1 aliphatic rings. The average Bonchev–Trinajstić information content (AvgIpc) is 3.10. The first-order valence-corrected chi connectivity index (χ1v) is 6.42. The van der Waals surface area contributed by atoms with E-state index in [1.165, 1.54) is 11.8 Å². The van der Waals surface area contributed by atoms with E-state index in [1.807, 2.05) is 11.6 Å². The van der Waals surface area contributed by atoms with Crippen molar-refractivity contribution in [2.75, 3.05) is 0 Å². The van der Waals surface area contributed by atoms with Gasteiger partial charge in [-0.2, -0.15) is 5.26 Å². The van der Waals surface area contributed by atoms with E-state index in [1.54, 1.807) is 12.1 Å². The first-order valence-electron chi connectivity index (χ1n) is 5.61. The van der Waals surface area contributed by atoms with Crippen molar-refractivity contribution in [3.8, 4) is 6.07 Å². The molecule has 2 aromatic heterocycles. The van der Waals surface area contributed by atoms with Gasteiger partial charge in [0.2, 0.25) is 5.16 Å². The summed E-state index contributed by atoms with van der Waals surface area (Å²) in [5.74, 6) is 0. The Labute approximate surface area is 108 Å². The Morgan fingerprint density at radius 2 is 2.28 bits per heavy atom. The second-order valence-corrected chi connectivity index (χ2v) is 5.17. The van der Waals surface area contributed by atoms with Crippen LogP contribution in [0.3, 0.4) is 0 Å². The topological polar surface area (TPSA) is 80.3 Å². The number of pyridine rings is 1. The molecule has 0 saturated heterocycles. The molecule has 7 heteroatoms. The van der Waals surface area contributed by atoms with E-state index in [9.17, 15) is 0 Å². The van der Waals surface area contributed by atoms with Crippen LogP contribution >= 0.6 is 11.8 Å². The summed E-state index contributed by atoms with van der Waals surface area (Å²) in [5, 5.41) is 22.1. The van der Waals surface area contributed by atoms with Gasteiger partial charge in [0.05, 0.1) is 17.7 Å². The zero-order chi connectivity index (χ0) is 12.5. The van der Waals surface area contributed by atoms with Crippen molar-refractivity contribution >= 4 is 11.8 Å². The van der Waals surface area contributed by atoms with E-state index >= 15 is 0 Å². The quantitative estimate of drug-likeness (QED) is 0.834. The van der Waals surface area contributed by atoms with Crippen molar-refractivity contribution in [1.29, 1.82) is 5.26 Å². The number of nitriles is 1. The second kappa shape index (κ2) is 4.38. The first-order chi connectivity index (χ1) is 8.76. The maximum atomic E-state index is 8.93. The molecule has 2 aromatic rings. The molecule has 90 valence electrons. The highest BCUT2D eigenvalue weighted by atomic mass is 32.2. The highest BCUT2D eigenvalue weighted by Gasteiger charge is 2.28. The molecule has 0 spiro atoms. The highest BCUT2D eigenvalue weighted by Crippen LogP contribution is 2.37. The van der Waals surface area contributed by atoms with Crippen molar-refractivity contribution in [2.24, 2.45) is 0 Å². The highest BCUT2D eigenvalue weighted by molar-refractivity contribution is 7.99. The molecule has 0 atom stereocenters. The Morgan fingerprint density at radius 1 is 1.44 bits per heavy atom. The van der Waals surface area contributed by atoms with Crippen molar-refractivity contribution in [3.63, 3.8) is 0 Å². The molecular formula is C11H10N6S. The van der Waals surface area contributed by atoms with Gasteiger partial charge in [-0.3, -0.25) is 0 Å². The maximum absolute atomic E-state index is 8.93. The van der Waals surface area contributed by atoms with E-state index < -0.39 is 0 Å². The lowest BCUT2D eigenvalue weighted by molar-refractivity contribution is 0.565. The summed E-state index contributed by atoms with van der Waals surface area (Å²) in [6.07, 6.45) is 2.26. The van der Waals surface area contributed by atoms with Crippen molar-refractivity contribution in [3.05, 3.63) is 23.4 Å². The summed E-state index contributed by atoms with van der Waals surface area (Å²) in [4.78, 5) is 4.38. The number of hydrogen-bond donors (Lipinski definition) is 0. The van der Waals surface area contributed by atoms with Gasteiger partial charge in [0.1, 0.15) is 5.03 Å². The molecule has 0 amide bonds. The summed E-state index contributed by atoms with van der Waals surface area (Å²) in [6.45, 7) is 1.87. The van der Waals surface area contributed by atoms with Crippen LogP contribution in [0.25, 0.3) is 0 Å². The van der Waals surface area contributed by atoms with E-state index in [0.29, 0.717) is 11.6 Å². The van der Waals surface area contributed by atoms with Crippen LogP contribution in [0.1, 0.15) is 30.1 Å². The van der Waals surface area contributed by atoms with E-state index in [2.05, 4.69) is 26.6 Å². The Balaban J connectivity index is 1.90. The molecule has 0 aliphatic heterocycles. The number of tetrazole rings is 1. The zero-order valence-electron chi connectivity index (χ0n) is 9.74. The van der Waals surface area contributed by atoms with E-state index in [-0.39, 0.29) is 0 Å². The summed E-state index contributed by atoms with van der Waals surface area (Å²) in [7, 11) is 0. The average molecular weight is 258 g/mol. The SMILES string of the molecule is Cc1cc(C#N)cc(Sc2nnnn2C2CC2)n1. The normalized spacial score (nSPS) is 14.4. The van der Waals surface area contributed by atoms with Crippen LogP contribution in [-0.4, -0.2) is 25.2 Å². The van der Waals surface area contributed by atoms with Gasteiger partial charge in [-0.25, -0.2) is 9.67 Å². The molecule has 0 unspecified atom stereocenters. The van der Waals surface area contributed by atoms with Gasteiger partial charge >= 0.3 is 0 Å². The maximum Gasteiger partial charge on any atom is 0.215 e. The third kappa shape index (κ3) is 2.19. The number of nitrogens with zero attached hydrogens (tertiary/aromatic N) is 6. The van der Waals surface area contributed by atoms with Crippen molar-refractivity contribution < 1.29 is 0 Å². The third-order valence-corrected chi connectivity index (χ3v) is 3.48. The van der Waals surface area contributed by atoms with Gasteiger partial charge < -0.3 is 0 Å². The minimum atomic E-state index is 0.433. The predicted molar refractivity (Wildman–Crippen MR) is 63.9 cm³/mol. The minimum Gasteiger partial charge on any atom is -0.246 e. The van der Waals surface area contributed by atoms with Crippen LogP contribution in [-0.2, 0) is 0 Å². The summed E-state index contributed by atoms with van der Waals surface area (Å²) in [6, 6.07) is 6.07. The molecule has 2 heterocycles. The van der Waals surface area contributed by atoms with Crippen molar-refractivity contribution in [1.82, 2.24) is 25.2 Å². The summed E-state index contributed by atoms with van der Waals surface area (Å²) in [5.41, 5.74) is 1.43. The Kier molecular flexibility index (Phi) is 2.72. The monoisotopic (exact) mass is 258 g/mol. The minimum absolute atomic E-state index is 0.433. The molecule has 1 saturated carbocycles. The van der Waals surface area contributed by atoms with Gasteiger partial charge in [0.15, 0.2) is 0 Å². The fourth-order valence-electron chi connectivity index (χ4n) is 1.65. The lowest BCUT2D eigenvalue weighted by atomic mass is 10.2. The van der Waals surface area contributed by atoms with Gasteiger partial charge in [0, 0.05) is 5.69 Å². The van der Waals surface area contributed by atoms with E-state index in [0.717, 1.165) is 28.7 Å². The lowest BCUT2D eigenvalue weighted by Crippen LogP contribution is -1.99. The molecule has 1 fully saturated rings. The van der Waals surface area contributed by atoms with Crippen LogP contribution in [0.5, 0.6) is 0 Å². The molecular weight excluding hydrogens is 248 g/mol. The molecule has 1 aliphatic carbocycles. The number of rotatable bonds is 3. The fourth-order valence-corrected chi connectivity index (χ4v) is 2.57. The fraction of sp³-hybridized carbons (Fsp3) is 0.364. The number of aromatic nitrogens is 5. The molecule has 0 N–H and O–H groups in total. The van der Waals surface area contributed by atoms with Gasteiger partial charge in [-0.15, -0.1) is 5.10 Å². The van der Waals surface area contributed by atoms with Crippen LogP contribution in [0, 0.1) is 18.3 Å². The third-order valence-electron chi connectivity index (χ3n) is 2.61. The van der Waals surface area contributed by atoms with Gasteiger partial charge in [-0.05, 0) is 54.1 Å². The van der Waals surface area contributed by atoms with Crippen LogP contribution in [0.15, 0.2) is 22.3 Å². The molecule has 3 rings (SSSR count).